The first-order chi connectivity index (χ1) is 15.7. The normalized spacial score (nSPS) is 14.9. The summed E-state index contributed by atoms with van der Waals surface area (Å²) in [4.78, 5) is 25.2. The maximum Gasteiger partial charge on any atom is 0.325 e. The molecule has 0 aliphatic rings. The van der Waals surface area contributed by atoms with Gasteiger partial charge in [-0.2, -0.15) is 0 Å². The highest BCUT2D eigenvalue weighted by atomic mass is 32.1. The highest BCUT2D eigenvalue weighted by molar-refractivity contribution is 7.14. The van der Waals surface area contributed by atoms with Crippen molar-refractivity contribution in [1.29, 1.82) is 0 Å². The molecule has 188 valence electrons. The van der Waals surface area contributed by atoms with Gasteiger partial charge in [0.05, 0.1) is 4.88 Å². The van der Waals surface area contributed by atoms with Crippen molar-refractivity contribution in [3.63, 3.8) is 0 Å². The van der Waals surface area contributed by atoms with Gasteiger partial charge in [0.15, 0.2) is 0 Å². The average Bonchev–Trinajstić information content (AvgIpc) is 3.24. The summed E-state index contributed by atoms with van der Waals surface area (Å²) >= 11 is 1.40. The van der Waals surface area contributed by atoms with Crippen molar-refractivity contribution < 1.29 is 24.5 Å². The Kier molecular flexibility index (Phi) is 8.59. The lowest BCUT2D eigenvalue weighted by molar-refractivity contribution is -0.138. The third kappa shape index (κ3) is 5.81. The van der Waals surface area contributed by atoms with Crippen molar-refractivity contribution in [3.8, 4) is 5.75 Å². The van der Waals surface area contributed by atoms with Crippen molar-refractivity contribution >= 4 is 23.2 Å². The summed E-state index contributed by atoms with van der Waals surface area (Å²) in [7, 11) is 0. The predicted octanol–water partition coefficient (Wildman–Crippen LogP) is 5.54. The van der Waals surface area contributed by atoms with E-state index in [-0.39, 0.29) is 23.3 Å². The molecule has 0 saturated heterocycles. The molecular formula is C27H39NO5S. The van der Waals surface area contributed by atoms with Crippen LogP contribution in [0.15, 0.2) is 30.3 Å². The number of amides is 1. The molecule has 1 aromatic carbocycles. The molecule has 0 saturated carbocycles. The summed E-state index contributed by atoms with van der Waals surface area (Å²) in [6, 6.07) is 8.93. The summed E-state index contributed by atoms with van der Waals surface area (Å²) < 4.78 is 6.01. The van der Waals surface area contributed by atoms with Crippen molar-refractivity contribution in [3.05, 3.63) is 51.2 Å². The number of aliphatic carboxylic acids is 1. The number of aliphatic hydroxyl groups is 1. The van der Waals surface area contributed by atoms with Crippen molar-refractivity contribution in [2.45, 2.75) is 85.3 Å². The number of ether oxygens (including phenoxy) is 1. The van der Waals surface area contributed by atoms with Crippen LogP contribution in [-0.4, -0.2) is 40.3 Å². The van der Waals surface area contributed by atoms with Gasteiger partial charge in [0.1, 0.15) is 24.0 Å². The summed E-state index contributed by atoms with van der Waals surface area (Å²) in [6.07, 6.45) is 1.68. The SMILES string of the molecule is CCC(CC)(c1ccc(OCC(C)(O)C(C)(C)C)c(C)c1)c1ccc(C(=O)N[C@@H](C)C(=O)O)s1. The minimum Gasteiger partial charge on any atom is -0.490 e. The molecule has 0 bridgehead atoms. The Bertz CT molecular complexity index is 1010. The van der Waals surface area contributed by atoms with Crippen molar-refractivity contribution in [2.24, 2.45) is 5.41 Å². The van der Waals surface area contributed by atoms with E-state index in [2.05, 4.69) is 31.3 Å². The second kappa shape index (κ2) is 10.5. The van der Waals surface area contributed by atoms with Crippen LogP contribution in [0.1, 0.15) is 87.0 Å². The van der Waals surface area contributed by atoms with Crippen LogP contribution >= 0.6 is 11.3 Å². The number of thiophene rings is 1. The summed E-state index contributed by atoms with van der Waals surface area (Å²) in [5.41, 5.74) is 0.560. The van der Waals surface area contributed by atoms with E-state index in [0.717, 1.165) is 34.6 Å². The van der Waals surface area contributed by atoms with Gasteiger partial charge in [0, 0.05) is 10.3 Å². The lowest BCUT2D eigenvalue weighted by Crippen LogP contribution is -2.45. The largest absolute Gasteiger partial charge is 0.490 e. The third-order valence-electron chi connectivity index (χ3n) is 7.08. The third-order valence-corrected chi connectivity index (χ3v) is 8.37. The molecule has 0 radical (unpaired) electrons. The Morgan fingerprint density at radius 2 is 1.71 bits per heavy atom. The van der Waals surface area contributed by atoms with Crippen LogP contribution in [0.4, 0.5) is 0 Å². The van der Waals surface area contributed by atoms with Gasteiger partial charge < -0.3 is 20.3 Å². The quantitative estimate of drug-likeness (QED) is 0.407. The number of aryl methyl sites for hydroxylation is 1. The number of carboxylic acid groups (broad SMARTS) is 1. The number of carbonyl (C=O) groups is 2. The number of hydrogen-bond donors (Lipinski definition) is 3. The van der Waals surface area contributed by atoms with Gasteiger partial charge in [-0.25, -0.2) is 0 Å². The van der Waals surface area contributed by atoms with Gasteiger partial charge in [0.25, 0.3) is 5.91 Å². The number of rotatable bonds is 10. The Morgan fingerprint density at radius 1 is 1.09 bits per heavy atom. The molecule has 1 amide bonds. The maximum absolute atomic E-state index is 12.5. The molecule has 1 unspecified atom stereocenters. The number of carbonyl (C=O) groups excluding carboxylic acids is 1. The number of nitrogens with one attached hydrogen (secondary N) is 1. The van der Waals surface area contributed by atoms with Gasteiger partial charge in [0.2, 0.25) is 0 Å². The van der Waals surface area contributed by atoms with Crippen LogP contribution < -0.4 is 10.1 Å². The van der Waals surface area contributed by atoms with Crippen LogP contribution in [0.5, 0.6) is 5.75 Å². The zero-order chi connectivity index (χ0) is 25.9. The Balaban J connectivity index is 2.33. The molecule has 1 heterocycles. The molecule has 7 heteroatoms. The van der Waals surface area contributed by atoms with E-state index in [1.165, 1.54) is 18.3 Å². The lowest BCUT2D eigenvalue weighted by atomic mass is 9.74. The standard InChI is InChI=1S/C27H39NO5S/c1-9-27(10-2,22-14-13-21(34-22)23(29)28-18(4)24(30)31)19-11-12-20(17(3)15-19)33-16-26(8,32)25(5,6)7/h11-15,18,32H,9-10,16H2,1-8H3,(H,28,29)(H,30,31)/t18-,26?/m0/s1. The molecule has 2 aromatic rings. The van der Waals surface area contributed by atoms with Gasteiger partial charge >= 0.3 is 5.97 Å². The smallest absolute Gasteiger partial charge is 0.325 e. The van der Waals surface area contributed by atoms with Crippen molar-refractivity contribution in [1.82, 2.24) is 5.32 Å². The first-order valence-electron chi connectivity index (χ1n) is 11.8. The highest BCUT2D eigenvalue weighted by Crippen LogP contribution is 2.43. The van der Waals surface area contributed by atoms with Crippen LogP contribution in [0.2, 0.25) is 0 Å². The second-order valence-electron chi connectivity index (χ2n) is 10.3. The molecule has 6 nitrogen and oxygen atoms in total. The van der Waals surface area contributed by atoms with E-state index in [1.807, 2.05) is 39.8 Å². The molecule has 3 N–H and O–H groups in total. The Hall–Kier alpha value is -2.38. The number of benzene rings is 1. The van der Waals surface area contributed by atoms with E-state index < -0.39 is 17.6 Å². The fraction of sp³-hybridized carbons (Fsp3) is 0.556. The Morgan fingerprint density at radius 3 is 2.21 bits per heavy atom. The predicted molar refractivity (Wildman–Crippen MR) is 137 cm³/mol. The monoisotopic (exact) mass is 489 g/mol. The van der Waals surface area contributed by atoms with Crippen LogP contribution in [0, 0.1) is 12.3 Å². The molecule has 1 aromatic heterocycles. The fourth-order valence-electron chi connectivity index (χ4n) is 3.74. The second-order valence-corrected chi connectivity index (χ2v) is 11.4. The average molecular weight is 490 g/mol. The molecular weight excluding hydrogens is 450 g/mol. The minimum absolute atomic E-state index is 0.196. The maximum atomic E-state index is 12.5. The summed E-state index contributed by atoms with van der Waals surface area (Å²) in [5.74, 6) is -0.704. The zero-order valence-electron chi connectivity index (χ0n) is 21.6. The molecule has 34 heavy (non-hydrogen) atoms. The van der Waals surface area contributed by atoms with Crippen LogP contribution in [0.3, 0.4) is 0 Å². The topological polar surface area (TPSA) is 95.9 Å². The summed E-state index contributed by atoms with van der Waals surface area (Å²) in [6.45, 7) is 15.7. The first-order valence-corrected chi connectivity index (χ1v) is 12.6. The minimum atomic E-state index is -1.07. The van der Waals surface area contributed by atoms with E-state index in [4.69, 9.17) is 9.84 Å². The highest BCUT2D eigenvalue weighted by Gasteiger charge is 2.37. The fourth-order valence-corrected chi connectivity index (χ4v) is 5.00. The van der Waals surface area contributed by atoms with Crippen molar-refractivity contribution in [2.75, 3.05) is 6.61 Å². The van der Waals surface area contributed by atoms with Crippen LogP contribution in [-0.2, 0) is 10.2 Å². The molecule has 2 atom stereocenters. The first kappa shape index (κ1) is 27.9. The van der Waals surface area contributed by atoms with E-state index in [1.54, 1.807) is 13.0 Å². The van der Waals surface area contributed by atoms with Gasteiger partial charge in [-0.3, -0.25) is 9.59 Å². The van der Waals surface area contributed by atoms with Gasteiger partial charge in [-0.1, -0.05) is 46.8 Å². The van der Waals surface area contributed by atoms with Gasteiger partial charge in [-0.15, -0.1) is 11.3 Å². The van der Waals surface area contributed by atoms with Gasteiger partial charge in [-0.05, 0) is 68.4 Å². The zero-order valence-corrected chi connectivity index (χ0v) is 22.4. The van der Waals surface area contributed by atoms with E-state index in [0.29, 0.717) is 4.88 Å². The molecule has 0 spiro atoms. The molecule has 0 aliphatic heterocycles. The molecule has 0 fully saturated rings. The van der Waals surface area contributed by atoms with E-state index >= 15 is 0 Å². The number of carboxylic acids is 1. The van der Waals surface area contributed by atoms with Crippen LogP contribution in [0.25, 0.3) is 0 Å². The van der Waals surface area contributed by atoms with E-state index in [9.17, 15) is 14.7 Å². The molecule has 0 aliphatic carbocycles. The Labute approximate surface area is 207 Å². The lowest BCUT2D eigenvalue weighted by Gasteiger charge is -2.37. The number of hydrogen-bond acceptors (Lipinski definition) is 5. The molecule has 2 rings (SSSR count). The summed E-state index contributed by atoms with van der Waals surface area (Å²) in [5, 5.41) is 22.4.